The van der Waals surface area contributed by atoms with Crippen molar-refractivity contribution in [3.05, 3.63) is 89.5 Å². The van der Waals surface area contributed by atoms with Crippen LogP contribution in [0.3, 0.4) is 0 Å². The maximum atomic E-state index is 12.2. The largest absolute Gasteiger partial charge is 0.507 e. The summed E-state index contributed by atoms with van der Waals surface area (Å²) in [7, 11) is 0. The van der Waals surface area contributed by atoms with Crippen LogP contribution >= 0.6 is 0 Å². The SMILES string of the molecule is Nc1ccc(Cc2ccc(NC(=O)c3ccccc3O)cc2)cc1. The van der Waals surface area contributed by atoms with E-state index in [2.05, 4.69) is 5.32 Å². The third-order valence-electron chi connectivity index (χ3n) is 3.75. The minimum absolute atomic E-state index is 0.0324. The molecule has 120 valence electrons. The Hall–Kier alpha value is -3.27. The van der Waals surface area contributed by atoms with Crippen LogP contribution in [0.2, 0.25) is 0 Å². The quantitative estimate of drug-likeness (QED) is 0.640. The van der Waals surface area contributed by atoms with Crippen LogP contribution in [0.5, 0.6) is 5.75 Å². The third-order valence-corrected chi connectivity index (χ3v) is 3.75. The molecule has 0 bridgehead atoms. The predicted octanol–water partition coefficient (Wildman–Crippen LogP) is 3.82. The van der Waals surface area contributed by atoms with E-state index in [0.29, 0.717) is 5.69 Å². The molecule has 0 saturated carbocycles. The van der Waals surface area contributed by atoms with Crippen LogP contribution in [0.15, 0.2) is 72.8 Å². The summed E-state index contributed by atoms with van der Waals surface area (Å²) in [6.07, 6.45) is 0.800. The number of nitrogens with two attached hydrogens (primary N) is 1. The lowest BCUT2D eigenvalue weighted by Gasteiger charge is -2.08. The van der Waals surface area contributed by atoms with Crippen molar-refractivity contribution in [2.75, 3.05) is 11.1 Å². The van der Waals surface area contributed by atoms with Gasteiger partial charge >= 0.3 is 0 Å². The highest BCUT2D eigenvalue weighted by molar-refractivity contribution is 6.06. The van der Waals surface area contributed by atoms with E-state index in [0.717, 1.165) is 17.7 Å². The summed E-state index contributed by atoms with van der Waals surface area (Å²) in [5.41, 5.74) is 9.69. The molecule has 0 unspecified atom stereocenters. The topological polar surface area (TPSA) is 75.3 Å². The second kappa shape index (κ2) is 6.87. The molecule has 3 aromatic carbocycles. The molecule has 0 atom stereocenters. The number of phenolic OH excluding ortho intramolecular Hbond substituents is 1. The fraction of sp³-hybridized carbons (Fsp3) is 0.0500. The molecular weight excluding hydrogens is 300 g/mol. The van der Waals surface area contributed by atoms with E-state index in [9.17, 15) is 9.90 Å². The number of anilines is 2. The van der Waals surface area contributed by atoms with E-state index in [1.165, 1.54) is 11.6 Å². The van der Waals surface area contributed by atoms with Crippen molar-refractivity contribution in [2.24, 2.45) is 0 Å². The van der Waals surface area contributed by atoms with Gasteiger partial charge in [-0.05, 0) is 53.9 Å². The molecule has 3 aromatic rings. The minimum Gasteiger partial charge on any atom is -0.507 e. The Morgan fingerprint density at radius 3 is 2.08 bits per heavy atom. The molecular formula is C20H18N2O2. The van der Waals surface area contributed by atoms with Gasteiger partial charge in [-0.3, -0.25) is 4.79 Å². The molecule has 3 rings (SSSR count). The van der Waals surface area contributed by atoms with E-state index in [4.69, 9.17) is 5.73 Å². The normalized spacial score (nSPS) is 10.3. The first-order valence-corrected chi connectivity index (χ1v) is 7.64. The van der Waals surface area contributed by atoms with E-state index in [1.807, 2.05) is 48.5 Å². The van der Waals surface area contributed by atoms with E-state index < -0.39 is 0 Å². The van der Waals surface area contributed by atoms with Gasteiger partial charge in [0.25, 0.3) is 5.91 Å². The zero-order valence-electron chi connectivity index (χ0n) is 13.1. The monoisotopic (exact) mass is 318 g/mol. The summed E-state index contributed by atoms with van der Waals surface area (Å²) in [4.78, 5) is 12.2. The average Bonchev–Trinajstić information content (AvgIpc) is 2.59. The van der Waals surface area contributed by atoms with Gasteiger partial charge in [-0.1, -0.05) is 36.4 Å². The molecule has 0 radical (unpaired) electrons. The van der Waals surface area contributed by atoms with Crippen LogP contribution in [0.4, 0.5) is 11.4 Å². The first-order valence-electron chi connectivity index (χ1n) is 7.64. The molecule has 0 saturated heterocycles. The summed E-state index contributed by atoms with van der Waals surface area (Å²) in [5, 5.41) is 12.5. The fourth-order valence-electron chi connectivity index (χ4n) is 2.44. The van der Waals surface area contributed by atoms with Crippen LogP contribution < -0.4 is 11.1 Å². The van der Waals surface area contributed by atoms with Gasteiger partial charge in [0, 0.05) is 11.4 Å². The predicted molar refractivity (Wildman–Crippen MR) is 96.2 cm³/mol. The van der Waals surface area contributed by atoms with Gasteiger partial charge in [-0.2, -0.15) is 0 Å². The molecule has 4 nitrogen and oxygen atoms in total. The van der Waals surface area contributed by atoms with Crippen molar-refractivity contribution in [3.63, 3.8) is 0 Å². The van der Waals surface area contributed by atoms with Gasteiger partial charge in [0.05, 0.1) is 5.56 Å². The summed E-state index contributed by atoms with van der Waals surface area (Å²) in [6, 6.07) is 21.9. The maximum absolute atomic E-state index is 12.2. The number of nitrogen functional groups attached to an aromatic ring is 1. The molecule has 0 spiro atoms. The second-order valence-electron chi connectivity index (χ2n) is 5.59. The number of hydrogen-bond donors (Lipinski definition) is 3. The van der Waals surface area contributed by atoms with Crippen molar-refractivity contribution in [1.29, 1.82) is 0 Å². The Balaban J connectivity index is 1.67. The van der Waals surface area contributed by atoms with E-state index in [1.54, 1.807) is 18.2 Å². The third kappa shape index (κ3) is 3.73. The fourth-order valence-corrected chi connectivity index (χ4v) is 2.44. The van der Waals surface area contributed by atoms with Crippen molar-refractivity contribution in [1.82, 2.24) is 0 Å². The summed E-state index contributed by atoms with van der Waals surface area (Å²) in [6.45, 7) is 0. The Bertz CT molecular complexity index is 840. The summed E-state index contributed by atoms with van der Waals surface area (Å²) < 4.78 is 0. The standard InChI is InChI=1S/C20H18N2O2/c21-16-9-5-14(6-10-16)13-15-7-11-17(12-8-15)22-20(24)18-3-1-2-4-19(18)23/h1-12,23H,13,21H2,(H,22,24). The Morgan fingerprint density at radius 2 is 1.46 bits per heavy atom. The molecule has 0 heterocycles. The van der Waals surface area contributed by atoms with Crippen LogP contribution in [-0.4, -0.2) is 11.0 Å². The molecule has 24 heavy (non-hydrogen) atoms. The van der Waals surface area contributed by atoms with Crippen molar-refractivity contribution >= 4 is 17.3 Å². The summed E-state index contributed by atoms with van der Waals surface area (Å²) in [5.74, 6) is -0.366. The molecule has 0 aromatic heterocycles. The lowest BCUT2D eigenvalue weighted by molar-refractivity contribution is 0.102. The molecule has 0 aliphatic carbocycles. The average molecular weight is 318 g/mol. The van der Waals surface area contributed by atoms with Crippen molar-refractivity contribution < 1.29 is 9.90 Å². The first kappa shape index (κ1) is 15.6. The van der Waals surface area contributed by atoms with Crippen LogP contribution in [0.1, 0.15) is 21.5 Å². The van der Waals surface area contributed by atoms with Gasteiger partial charge in [-0.15, -0.1) is 0 Å². The number of carbonyl (C=O) groups excluding carboxylic acids is 1. The van der Waals surface area contributed by atoms with Crippen LogP contribution in [-0.2, 0) is 6.42 Å². The molecule has 0 aliphatic rings. The number of rotatable bonds is 4. The highest BCUT2D eigenvalue weighted by atomic mass is 16.3. The zero-order chi connectivity index (χ0) is 16.9. The van der Waals surface area contributed by atoms with Gasteiger partial charge < -0.3 is 16.2 Å². The van der Waals surface area contributed by atoms with Crippen molar-refractivity contribution in [3.8, 4) is 5.75 Å². The lowest BCUT2D eigenvalue weighted by Crippen LogP contribution is -2.11. The van der Waals surface area contributed by atoms with Gasteiger partial charge in [0.2, 0.25) is 0 Å². The molecule has 4 N–H and O–H groups in total. The highest BCUT2D eigenvalue weighted by Crippen LogP contribution is 2.19. The number of hydrogen-bond acceptors (Lipinski definition) is 3. The van der Waals surface area contributed by atoms with Gasteiger partial charge in [0.15, 0.2) is 0 Å². The lowest BCUT2D eigenvalue weighted by atomic mass is 10.0. The number of phenols is 1. The smallest absolute Gasteiger partial charge is 0.259 e. The minimum atomic E-state index is -0.334. The van der Waals surface area contributed by atoms with Crippen LogP contribution in [0, 0.1) is 0 Å². The number of amides is 1. The van der Waals surface area contributed by atoms with E-state index in [-0.39, 0.29) is 17.2 Å². The number of para-hydroxylation sites is 1. The molecule has 0 fully saturated rings. The molecule has 0 aliphatic heterocycles. The van der Waals surface area contributed by atoms with Gasteiger partial charge in [0.1, 0.15) is 5.75 Å². The highest BCUT2D eigenvalue weighted by Gasteiger charge is 2.10. The number of nitrogens with one attached hydrogen (secondary N) is 1. The van der Waals surface area contributed by atoms with E-state index >= 15 is 0 Å². The maximum Gasteiger partial charge on any atom is 0.259 e. The Labute approximate surface area is 140 Å². The summed E-state index contributed by atoms with van der Waals surface area (Å²) >= 11 is 0. The van der Waals surface area contributed by atoms with Crippen molar-refractivity contribution in [2.45, 2.75) is 6.42 Å². The number of carbonyl (C=O) groups is 1. The van der Waals surface area contributed by atoms with Crippen LogP contribution in [0.25, 0.3) is 0 Å². The molecule has 4 heteroatoms. The number of benzene rings is 3. The molecule has 1 amide bonds. The Morgan fingerprint density at radius 1 is 0.875 bits per heavy atom. The second-order valence-corrected chi connectivity index (χ2v) is 5.59. The first-order chi connectivity index (χ1) is 11.6. The number of aromatic hydroxyl groups is 1. The van der Waals surface area contributed by atoms with Gasteiger partial charge in [-0.25, -0.2) is 0 Å². The Kier molecular flexibility index (Phi) is 4.47. The zero-order valence-corrected chi connectivity index (χ0v) is 13.1.